The van der Waals surface area contributed by atoms with E-state index in [4.69, 9.17) is 4.74 Å². The third-order valence-corrected chi connectivity index (χ3v) is 4.15. The van der Waals surface area contributed by atoms with Gasteiger partial charge in [0.1, 0.15) is 17.2 Å². The number of amides is 1. The van der Waals surface area contributed by atoms with Crippen LogP contribution in [0.3, 0.4) is 0 Å². The fourth-order valence-corrected chi connectivity index (χ4v) is 2.81. The highest BCUT2D eigenvalue weighted by Gasteiger charge is 2.25. The van der Waals surface area contributed by atoms with Gasteiger partial charge in [-0.15, -0.1) is 0 Å². The normalized spacial score (nSPS) is 14.3. The van der Waals surface area contributed by atoms with Crippen molar-refractivity contribution >= 4 is 17.7 Å². The van der Waals surface area contributed by atoms with E-state index in [2.05, 4.69) is 4.98 Å². The summed E-state index contributed by atoms with van der Waals surface area (Å²) in [6, 6.07) is 8.88. The van der Waals surface area contributed by atoms with E-state index in [1.54, 1.807) is 23.2 Å². The van der Waals surface area contributed by atoms with Gasteiger partial charge in [0.05, 0.1) is 7.11 Å². The number of rotatable bonds is 3. The van der Waals surface area contributed by atoms with Crippen LogP contribution in [-0.4, -0.2) is 55.0 Å². The zero-order chi connectivity index (χ0) is 17.8. The predicted octanol–water partition coefficient (Wildman–Crippen LogP) is 1.97. The molecule has 0 N–H and O–H groups in total. The molecule has 7 heteroatoms. The van der Waals surface area contributed by atoms with E-state index in [0.29, 0.717) is 43.1 Å². The second-order valence-electron chi connectivity index (χ2n) is 5.65. The number of ether oxygens (including phenoxy) is 1. The second kappa shape index (κ2) is 7.29. The molecule has 130 valence electrons. The van der Waals surface area contributed by atoms with E-state index in [0.717, 1.165) is 0 Å². The Balaban J connectivity index is 1.69. The van der Waals surface area contributed by atoms with Crippen molar-refractivity contribution < 1.29 is 18.7 Å². The largest absolute Gasteiger partial charge is 0.465 e. The van der Waals surface area contributed by atoms with Crippen molar-refractivity contribution in [2.45, 2.75) is 0 Å². The van der Waals surface area contributed by atoms with E-state index in [9.17, 15) is 14.0 Å². The molecule has 1 aromatic carbocycles. The molecular weight excluding hydrogens is 325 g/mol. The first-order valence-corrected chi connectivity index (χ1v) is 7.93. The molecule has 1 aliphatic rings. The molecule has 2 heterocycles. The van der Waals surface area contributed by atoms with Crippen LogP contribution in [0.2, 0.25) is 0 Å². The molecule has 0 atom stereocenters. The molecule has 2 aromatic rings. The summed E-state index contributed by atoms with van der Waals surface area (Å²) >= 11 is 0. The topological polar surface area (TPSA) is 62.7 Å². The van der Waals surface area contributed by atoms with Gasteiger partial charge in [-0.3, -0.25) is 4.79 Å². The zero-order valence-corrected chi connectivity index (χ0v) is 13.8. The van der Waals surface area contributed by atoms with Gasteiger partial charge >= 0.3 is 5.97 Å². The number of aromatic nitrogens is 1. The first-order chi connectivity index (χ1) is 12.1. The second-order valence-corrected chi connectivity index (χ2v) is 5.65. The van der Waals surface area contributed by atoms with Crippen molar-refractivity contribution in [2.24, 2.45) is 0 Å². The fourth-order valence-electron chi connectivity index (χ4n) is 2.81. The maximum Gasteiger partial charge on any atom is 0.341 e. The van der Waals surface area contributed by atoms with Crippen LogP contribution in [0.25, 0.3) is 0 Å². The minimum atomic E-state index is -0.437. The van der Waals surface area contributed by atoms with Gasteiger partial charge in [-0.1, -0.05) is 0 Å². The van der Waals surface area contributed by atoms with Crippen LogP contribution in [-0.2, 0) is 4.74 Å². The lowest BCUT2D eigenvalue weighted by atomic mass is 10.1. The lowest BCUT2D eigenvalue weighted by Gasteiger charge is -2.36. The minimum Gasteiger partial charge on any atom is -0.465 e. The number of benzene rings is 1. The highest BCUT2D eigenvalue weighted by Crippen LogP contribution is 2.20. The molecule has 1 aliphatic heterocycles. The smallest absolute Gasteiger partial charge is 0.341 e. The number of esters is 1. The van der Waals surface area contributed by atoms with Crippen molar-refractivity contribution in [1.29, 1.82) is 0 Å². The van der Waals surface area contributed by atoms with Gasteiger partial charge in [0.2, 0.25) is 0 Å². The molecular formula is C18H18FN3O3. The Morgan fingerprint density at radius 3 is 2.40 bits per heavy atom. The predicted molar refractivity (Wildman–Crippen MR) is 90.1 cm³/mol. The quantitative estimate of drug-likeness (QED) is 0.798. The minimum absolute atomic E-state index is 0.131. The molecule has 1 saturated heterocycles. The molecule has 1 aromatic heterocycles. The summed E-state index contributed by atoms with van der Waals surface area (Å²) in [5, 5.41) is 0. The van der Waals surface area contributed by atoms with Crippen molar-refractivity contribution in [3.05, 3.63) is 59.5 Å². The number of hydrogen-bond donors (Lipinski definition) is 0. The van der Waals surface area contributed by atoms with Crippen LogP contribution in [0.5, 0.6) is 0 Å². The van der Waals surface area contributed by atoms with Crippen LogP contribution in [0.15, 0.2) is 42.6 Å². The summed E-state index contributed by atoms with van der Waals surface area (Å²) in [5.41, 5.74) is 0.867. The molecule has 1 amide bonds. The molecule has 0 unspecified atom stereocenters. The summed E-state index contributed by atoms with van der Waals surface area (Å²) < 4.78 is 17.8. The number of carbonyl (C=O) groups excluding carboxylic acids is 2. The van der Waals surface area contributed by atoms with Crippen LogP contribution in [0.1, 0.15) is 20.7 Å². The summed E-state index contributed by atoms with van der Waals surface area (Å²) in [6.07, 6.45) is 1.62. The SMILES string of the molecule is COC(=O)c1cccnc1N1CCN(C(=O)c2ccc(F)cc2)CC1. The molecule has 1 fully saturated rings. The van der Waals surface area contributed by atoms with Gasteiger partial charge in [0, 0.05) is 37.9 Å². The Morgan fingerprint density at radius 2 is 1.76 bits per heavy atom. The van der Waals surface area contributed by atoms with Crippen molar-refractivity contribution in [3.63, 3.8) is 0 Å². The Kier molecular flexibility index (Phi) is 4.92. The molecule has 0 bridgehead atoms. The first kappa shape index (κ1) is 16.9. The van der Waals surface area contributed by atoms with Gasteiger partial charge in [-0.05, 0) is 36.4 Å². The molecule has 6 nitrogen and oxygen atoms in total. The average Bonchev–Trinajstić information content (AvgIpc) is 2.67. The van der Waals surface area contributed by atoms with Crippen LogP contribution < -0.4 is 4.90 Å². The average molecular weight is 343 g/mol. The maximum absolute atomic E-state index is 13.0. The Hall–Kier alpha value is -2.96. The summed E-state index contributed by atoms with van der Waals surface area (Å²) in [4.78, 5) is 32.3. The van der Waals surface area contributed by atoms with Gasteiger partial charge in [0.15, 0.2) is 0 Å². The van der Waals surface area contributed by atoms with Gasteiger partial charge in [-0.25, -0.2) is 14.2 Å². The number of halogens is 1. The Morgan fingerprint density at radius 1 is 1.08 bits per heavy atom. The molecule has 0 saturated carbocycles. The number of methoxy groups -OCH3 is 1. The number of piperazine rings is 1. The van der Waals surface area contributed by atoms with E-state index in [1.165, 1.54) is 31.4 Å². The molecule has 0 spiro atoms. The number of nitrogens with zero attached hydrogens (tertiary/aromatic N) is 3. The van der Waals surface area contributed by atoms with E-state index >= 15 is 0 Å². The molecule has 0 radical (unpaired) electrons. The van der Waals surface area contributed by atoms with Crippen molar-refractivity contribution in [1.82, 2.24) is 9.88 Å². The number of hydrogen-bond acceptors (Lipinski definition) is 5. The number of carbonyl (C=O) groups is 2. The molecule has 3 rings (SSSR count). The summed E-state index contributed by atoms with van der Waals surface area (Å²) in [5.74, 6) is -0.378. The van der Waals surface area contributed by atoms with E-state index in [1.807, 2.05) is 4.90 Å². The first-order valence-electron chi connectivity index (χ1n) is 7.93. The van der Waals surface area contributed by atoms with Gasteiger partial charge < -0.3 is 14.5 Å². The highest BCUT2D eigenvalue weighted by atomic mass is 19.1. The third-order valence-electron chi connectivity index (χ3n) is 4.15. The van der Waals surface area contributed by atoms with Gasteiger partial charge in [-0.2, -0.15) is 0 Å². The van der Waals surface area contributed by atoms with Gasteiger partial charge in [0.25, 0.3) is 5.91 Å². The lowest BCUT2D eigenvalue weighted by molar-refractivity contribution is 0.0599. The summed E-state index contributed by atoms with van der Waals surface area (Å²) in [6.45, 7) is 2.09. The Labute approximate surface area is 144 Å². The lowest BCUT2D eigenvalue weighted by Crippen LogP contribution is -2.49. The Bertz CT molecular complexity index is 771. The van der Waals surface area contributed by atoms with E-state index < -0.39 is 5.97 Å². The van der Waals surface area contributed by atoms with Crippen LogP contribution in [0.4, 0.5) is 10.2 Å². The highest BCUT2D eigenvalue weighted by molar-refractivity contribution is 5.95. The standard InChI is InChI=1S/C18H18FN3O3/c1-25-18(24)15-3-2-8-20-16(15)21-9-11-22(12-10-21)17(23)13-4-6-14(19)7-5-13/h2-8H,9-12H2,1H3. The third kappa shape index (κ3) is 3.60. The van der Waals surface area contributed by atoms with Crippen LogP contribution >= 0.6 is 0 Å². The van der Waals surface area contributed by atoms with Crippen LogP contribution in [0, 0.1) is 5.82 Å². The summed E-state index contributed by atoms with van der Waals surface area (Å²) in [7, 11) is 1.33. The van der Waals surface area contributed by atoms with Crippen molar-refractivity contribution in [2.75, 3.05) is 38.2 Å². The molecule has 25 heavy (non-hydrogen) atoms. The number of pyridine rings is 1. The maximum atomic E-state index is 13.0. The number of anilines is 1. The zero-order valence-electron chi connectivity index (χ0n) is 13.8. The van der Waals surface area contributed by atoms with Crippen molar-refractivity contribution in [3.8, 4) is 0 Å². The monoisotopic (exact) mass is 343 g/mol. The van der Waals surface area contributed by atoms with E-state index in [-0.39, 0.29) is 11.7 Å². The molecule has 0 aliphatic carbocycles. The fraction of sp³-hybridized carbons (Fsp3) is 0.278.